The summed E-state index contributed by atoms with van der Waals surface area (Å²) in [5.74, 6) is 0.246. The minimum atomic E-state index is -0.288. The number of phenols is 2. The molecule has 4 nitrogen and oxygen atoms in total. The Morgan fingerprint density at radius 2 is 1.87 bits per heavy atom. The zero-order valence-corrected chi connectivity index (χ0v) is 13.0. The normalized spacial score (nSPS) is 10.8. The molecule has 4 heteroatoms. The fourth-order valence-electron chi connectivity index (χ4n) is 2.06. The molecule has 0 atom stereocenters. The summed E-state index contributed by atoms with van der Waals surface area (Å²) in [7, 11) is 1.60. The molecule has 0 radical (unpaired) electrons. The lowest BCUT2D eigenvalue weighted by atomic mass is 10.1. The highest BCUT2D eigenvalue weighted by molar-refractivity contribution is 5.61. The number of rotatable bonds is 7. The smallest absolute Gasteiger partial charge is 0.201 e. The molecule has 0 unspecified atom stereocenters. The van der Waals surface area contributed by atoms with Gasteiger partial charge in [0.2, 0.25) is 5.75 Å². The lowest BCUT2D eigenvalue weighted by Crippen LogP contribution is -1.88. The highest BCUT2D eigenvalue weighted by Gasteiger charge is 2.10. The molecule has 2 N–H and O–H groups in total. The Labute approximate surface area is 135 Å². The molecule has 0 saturated carbocycles. The molecular formula is C19H20O4. The molecule has 0 amide bonds. The van der Waals surface area contributed by atoms with E-state index in [1.165, 1.54) is 6.07 Å². The van der Waals surface area contributed by atoms with E-state index in [2.05, 4.69) is 6.58 Å². The average molecular weight is 312 g/mol. The maximum absolute atomic E-state index is 9.96. The van der Waals surface area contributed by atoms with Crippen LogP contribution in [0.25, 0.3) is 6.08 Å². The summed E-state index contributed by atoms with van der Waals surface area (Å²) in [6.45, 7) is 4.16. The van der Waals surface area contributed by atoms with Crippen LogP contribution in [0, 0.1) is 0 Å². The third kappa shape index (κ3) is 4.63. The van der Waals surface area contributed by atoms with Gasteiger partial charge in [0.05, 0.1) is 6.61 Å². The van der Waals surface area contributed by atoms with Crippen LogP contribution in [-0.2, 0) is 11.2 Å². The molecule has 2 aromatic rings. The van der Waals surface area contributed by atoms with Gasteiger partial charge < -0.3 is 19.7 Å². The highest BCUT2D eigenvalue weighted by Crippen LogP contribution is 2.39. The molecular weight excluding hydrogens is 292 g/mol. The highest BCUT2D eigenvalue weighted by atomic mass is 16.5. The monoisotopic (exact) mass is 312 g/mol. The van der Waals surface area contributed by atoms with E-state index >= 15 is 0 Å². The Bertz CT molecular complexity index is 687. The molecule has 0 aliphatic heterocycles. The van der Waals surface area contributed by atoms with Gasteiger partial charge in [-0.25, -0.2) is 0 Å². The molecule has 23 heavy (non-hydrogen) atoms. The zero-order chi connectivity index (χ0) is 16.7. The molecule has 0 fully saturated rings. The van der Waals surface area contributed by atoms with Crippen LogP contribution in [-0.4, -0.2) is 23.9 Å². The zero-order valence-electron chi connectivity index (χ0n) is 13.0. The molecule has 0 saturated heterocycles. The largest absolute Gasteiger partial charge is 0.504 e. The van der Waals surface area contributed by atoms with Crippen molar-refractivity contribution >= 4 is 6.08 Å². The van der Waals surface area contributed by atoms with Crippen LogP contribution in [0.5, 0.6) is 23.0 Å². The van der Waals surface area contributed by atoms with Gasteiger partial charge in [-0.2, -0.15) is 0 Å². The maximum atomic E-state index is 9.96. The van der Waals surface area contributed by atoms with E-state index in [9.17, 15) is 10.2 Å². The fraction of sp³-hybridized carbons (Fsp3) is 0.158. The van der Waals surface area contributed by atoms with Crippen molar-refractivity contribution in [1.29, 1.82) is 0 Å². The summed E-state index contributed by atoms with van der Waals surface area (Å²) in [4.78, 5) is 0. The number of allylic oxidation sites excluding steroid dienone is 1. The SMILES string of the molecule is C=CCc1ccc(Oc2cc(C=CCOC)cc(O)c2O)cc1. The van der Waals surface area contributed by atoms with Crippen LogP contribution in [0.2, 0.25) is 0 Å². The lowest BCUT2D eigenvalue weighted by Gasteiger charge is -2.10. The van der Waals surface area contributed by atoms with E-state index < -0.39 is 0 Å². The summed E-state index contributed by atoms with van der Waals surface area (Å²) < 4.78 is 10.6. The third-order valence-electron chi connectivity index (χ3n) is 3.18. The predicted octanol–water partition coefficient (Wildman–Crippen LogP) is 4.28. The maximum Gasteiger partial charge on any atom is 0.201 e. The Hall–Kier alpha value is -2.72. The van der Waals surface area contributed by atoms with E-state index in [1.807, 2.05) is 30.3 Å². The quantitative estimate of drug-likeness (QED) is 0.592. The van der Waals surface area contributed by atoms with Crippen molar-refractivity contribution in [2.75, 3.05) is 13.7 Å². The lowest BCUT2D eigenvalue weighted by molar-refractivity contribution is 0.234. The van der Waals surface area contributed by atoms with Crippen molar-refractivity contribution in [3.63, 3.8) is 0 Å². The number of aromatic hydroxyl groups is 2. The summed E-state index contributed by atoms with van der Waals surface area (Å²) in [5, 5.41) is 19.8. The molecule has 2 aromatic carbocycles. The van der Waals surface area contributed by atoms with Crippen LogP contribution in [0.1, 0.15) is 11.1 Å². The standard InChI is InChI=1S/C19H20O4/c1-3-5-14-7-9-16(10-8-14)23-18-13-15(6-4-11-22-2)12-17(20)19(18)21/h3-4,6-10,12-13,20-21H,1,5,11H2,2H3. The van der Waals surface area contributed by atoms with Crippen molar-refractivity contribution in [3.8, 4) is 23.0 Å². The molecule has 0 aliphatic carbocycles. The number of methoxy groups -OCH3 is 1. The van der Waals surface area contributed by atoms with Crippen molar-refractivity contribution in [1.82, 2.24) is 0 Å². The topological polar surface area (TPSA) is 58.9 Å². The number of benzene rings is 2. The van der Waals surface area contributed by atoms with Gasteiger partial charge in [-0.1, -0.05) is 30.4 Å². The summed E-state index contributed by atoms with van der Waals surface area (Å²) in [6, 6.07) is 10.6. The first-order valence-electron chi connectivity index (χ1n) is 7.23. The molecule has 0 aliphatic rings. The van der Waals surface area contributed by atoms with Crippen LogP contribution in [0.3, 0.4) is 0 Å². The minimum absolute atomic E-state index is 0.193. The Kier molecular flexibility index (Phi) is 5.83. The van der Waals surface area contributed by atoms with Gasteiger partial charge in [0.1, 0.15) is 5.75 Å². The second-order valence-corrected chi connectivity index (χ2v) is 4.98. The fourth-order valence-corrected chi connectivity index (χ4v) is 2.06. The predicted molar refractivity (Wildman–Crippen MR) is 91.1 cm³/mol. The van der Waals surface area contributed by atoms with Gasteiger partial charge in [-0.3, -0.25) is 0 Å². The molecule has 0 aromatic heterocycles. The Morgan fingerprint density at radius 3 is 2.52 bits per heavy atom. The van der Waals surface area contributed by atoms with Crippen molar-refractivity contribution in [2.45, 2.75) is 6.42 Å². The third-order valence-corrected chi connectivity index (χ3v) is 3.18. The van der Waals surface area contributed by atoms with E-state index in [4.69, 9.17) is 9.47 Å². The Balaban J connectivity index is 2.22. The van der Waals surface area contributed by atoms with Gasteiger partial charge in [-0.15, -0.1) is 6.58 Å². The molecule has 0 heterocycles. The Morgan fingerprint density at radius 1 is 1.13 bits per heavy atom. The molecule has 120 valence electrons. The number of hydrogen-bond acceptors (Lipinski definition) is 4. The van der Waals surface area contributed by atoms with Crippen molar-refractivity contribution < 1.29 is 19.7 Å². The van der Waals surface area contributed by atoms with Crippen LogP contribution < -0.4 is 4.74 Å². The first-order valence-corrected chi connectivity index (χ1v) is 7.23. The van der Waals surface area contributed by atoms with Gasteiger partial charge in [0.25, 0.3) is 0 Å². The molecule has 0 bridgehead atoms. The van der Waals surface area contributed by atoms with Crippen molar-refractivity contribution in [3.05, 3.63) is 66.3 Å². The van der Waals surface area contributed by atoms with Gasteiger partial charge in [-0.05, 0) is 41.8 Å². The molecule has 0 spiro atoms. The van der Waals surface area contributed by atoms with E-state index in [-0.39, 0.29) is 17.2 Å². The van der Waals surface area contributed by atoms with E-state index in [1.54, 1.807) is 25.3 Å². The summed E-state index contributed by atoms with van der Waals surface area (Å²) >= 11 is 0. The first kappa shape index (κ1) is 16.6. The average Bonchev–Trinajstić information content (AvgIpc) is 2.54. The summed E-state index contributed by atoms with van der Waals surface area (Å²) in [5.41, 5.74) is 1.83. The van der Waals surface area contributed by atoms with Crippen LogP contribution in [0.4, 0.5) is 0 Å². The number of ether oxygens (including phenoxy) is 2. The second kappa shape index (κ2) is 8.06. The summed E-state index contributed by atoms with van der Waals surface area (Å²) in [6.07, 6.45) is 6.20. The van der Waals surface area contributed by atoms with Gasteiger partial charge in [0, 0.05) is 7.11 Å². The number of phenolic OH excluding ortho intramolecular Hbond substituents is 2. The van der Waals surface area contributed by atoms with Crippen molar-refractivity contribution in [2.24, 2.45) is 0 Å². The van der Waals surface area contributed by atoms with Crippen LogP contribution in [0.15, 0.2) is 55.1 Å². The van der Waals surface area contributed by atoms with Crippen LogP contribution >= 0.6 is 0 Å². The van der Waals surface area contributed by atoms with Gasteiger partial charge >= 0.3 is 0 Å². The number of hydrogen-bond donors (Lipinski definition) is 2. The second-order valence-electron chi connectivity index (χ2n) is 4.98. The first-order chi connectivity index (χ1) is 11.1. The van der Waals surface area contributed by atoms with Gasteiger partial charge in [0.15, 0.2) is 11.5 Å². The van der Waals surface area contributed by atoms with E-state index in [0.29, 0.717) is 17.9 Å². The van der Waals surface area contributed by atoms with E-state index in [0.717, 1.165) is 12.0 Å². The molecule has 2 rings (SSSR count). The minimum Gasteiger partial charge on any atom is -0.504 e.